The van der Waals surface area contributed by atoms with E-state index in [0.717, 1.165) is 38.5 Å². The van der Waals surface area contributed by atoms with Crippen molar-refractivity contribution in [2.75, 3.05) is 13.2 Å². The Kier molecular flexibility index (Phi) is 14.3. The van der Waals surface area contributed by atoms with Crippen molar-refractivity contribution in [2.45, 2.75) is 125 Å². The molecule has 14 heteroatoms. The highest BCUT2D eigenvalue weighted by atomic mass is 16.6. The van der Waals surface area contributed by atoms with Crippen molar-refractivity contribution in [1.29, 1.82) is 0 Å². The van der Waals surface area contributed by atoms with Gasteiger partial charge >= 0.3 is 0 Å². The van der Waals surface area contributed by atoms with Crippen LogP contribution in [0.1, 0.15) is 64.2 Å². The third-order valence-electron chi connectivity index (χ3n) is 7.01. The normalized spacial score (nSPS) is 35.6. The van der Waals surface area contributed by atoms with Gasteiger partial charge in [-0.25, -0.2) is 0 Å². The van der Waals surface area contributed by atoms with Crippen LogP contribution in [0.25, 0.3) is 0 Å². The van der Waals surface area contributed by atoms with Crippen LogP contribution in [-0.2, 0) is 19.1 Å². The number of aliphatic hydroxyl groups excluding tert-OH is 8. The van der Waals surface area contributed by atoms with Crippen LogP contribution in [0.3, 0.4) is 0 Å². The van der Waals surface area contributed by atoms with E-state index in [1.165, 1.54) is 0 Å². The van der Waals surface area contributed by atoms with Crippen LogP contribution in [0.4, 0.5) is 0 Å². The molecule has 2 aliphatic rings. The van der Waals surface area contributed by atoms with Gasteiger partial charge < -0.3 is 61.0 Å². The highest BCUT2D eigenvalue weighted by Gasteiger charge is 2.45. The van der Waals surface area contributed by atoms with Gasteiger partial charge in [0.25, 0.3) is 0 Å². The number of carbonyl (C=O) groups is 2. The summed E-state index contributed by atoms with van der Waals surface area (Å²) in [4.78, 5) is 24.2. The molecule has 0 spiro atoms. The molecule has 2 aliphatic heterocycles. The predicted molar refractivity (Wildman–Crippen MR) is 130 cm³/mol. The molecule has 0 saturated carbocycles. The number of aliphatic hydroxyl groups is 8. The minimum absolute atomic E-state index is 0.192. The van der Waals surface area contributed by atoms with Crippen LogP contribution < -0.4 is 10.6 Å². The maximum Gasteiger partial charge on any atom is 0.220 e. The third-order valence-corrected chi connectivity index (χ3v) is 7.01. The summed E-state index contributed by atoms with van der Waals surface area (Å²) in [6.07, 6.45) is -4.11. The van der Waals surface area contributed by atoms with E-state index in [-0.39, 0.29) is 24.7 Å². The molecule has 0 aromatic rings. The quantitative estimate of drug-likeness (QED) is 0.0900. The lowest BCUT2D eigenvalue weighted by atomic mass is 9.97. The summed E-state index contributed by atoms with van der Waals surface area (Å²) in [5.41, 5.74) is 0. The standard InChI is InChI=1S/C24H44N2O12/c27-11-13-19(31)21(33)17(23(35)37-13)25-15(29)9-7-5-3-1-2-4-6-8-10-16(30)26-18-22(34)20(32)14(12-28)38-24(18)36/h13-14,17-24,27-28,31-36H,1-12H2,(H,25,29)(H,26,30)/t13-,14-,17-,18-,19-,20-,21-,22-,23+,24+/m1/s1. The molecule has 2 rings (SSSR count). The van der Waals surface area contributed by atoms with Crippen molar-refractivity contribution in [2.24, 2.45) is 0 Å². The lowest BCUT2D eigenvalue weighted by Gasteiger charge is -2.40. The molecule has 0 radical (unpaired) electrons. The molecule has 2 heterocycles. The molecule has 10 N–H and O–H groups in total. The number of ether oxygens (including phenoxy) is 2. The number of hydrogen-bond acceptors (Lipinski definition) is 12. The number of hydrogen-bond donors (Lipinski definition) is 10. The minimum atomic E-state index is -1.53. The van der Waals surface area contributed by atoms with Crippen molar-refractivity contribution in [3.8, 4) is 0 Å². The summed E-state index contributed by atoms with van der Waals surface area (Å²) < 4.78 is 10.0. The molecule has 0 aromatic heterocycles. The summed E-state index contributed by atoms with van der Waals surface area (Å²) in [6, 6.07) is -2.36. The average molecular weight is 553 g/mol. The zero-order valence-electron chi connectivity index (χ0n) is 21.5. The fourth-order valence-electron chi connectivity index (χ4n) is 4.65. The van der Waals surface area contributed by atoms with Gasteiger partial charge in [0, 0.05) is 12.8 Å². The first-order valence-electron chi connectivity index (χ1n) is 13.3. The Hall–Kier alpha value is -1.46. The number of rotatable bonds is 15. The van der Waals surface area contributed by atoms with E-state index in [9.17, 15) is 40.2 Å². The van der Waals surface area contributed by atoms with Crippen molar-refractivity contribution in [3.05, 3.63) is 0 Å². The smallest absolute Gasteiger partial charge is 0.220 e. The first-order chi connectivity index (χ1) is 18.1. The number of carbonyl (C=O) groups excluding carboxylic acids is 2. The lowest BCUT2D eigenvalue weighted by Crippen LogP contribution is -2.64. The van der Waals surface area contributed by atoms with Crippen molar-refractivity contribution in [1.82, 2.24) is 10.6 Å². The van der Waals surface area contributed by atoms with E-state index in [4.69, 9.17) is 19.7 Å². The fraction of sp³-hybridized carbons (Fsp3) is 0.917. The van der Waals surface area contributed by atoms with Crippen molar-refractivity contribution < 1.29 is 59.9 Å². The Balaban J connectivity index is 1.48. The van der Waals surface area contributed by atoms with Gasteiger partial charge in [-0.15, -0.1) is 0 Å². The topological polar surface area (TPSA) is 238 Å². The van der Waals surface area contributed by atoms with Crippen LogP contribution in [0.15, 0.2) is 0 Å². The van der Waals surface area contributed by atoms with E-state index in [0.29, 0.717) is 12.8 Å². The van der Waals surface area contributed by atoms with Gasteiger partial charge in [0.05, 0.1) is 13.2 Å². The minimum Gasteiger partial charge on any atom is -0.394 e. The summed E-state index contributed by atoms with van der Waals surface area (Å²) in [5.74, 6) is -0.764. The largest absolute Gasteiger partial charge is 0.394 e. The molecule has 14 nitrogen and oxygen atoms in total. The number of unbranched alkanes of at least 4 members (excludes halogenated alkanes) is 7. The Morgan fingerprint density at radius 3 is 1.16 bits per heavy atom. The Bertz CT molecular complexity index is 658. The second-order valence-corrected chi connectivity index (χ2v) is 9.97. The lowest BCUT2D eigenvalue weighted by molar-refractivity contribution is -0.253. The molecule has 2 fully saturated rings. The van der Waals surface area contributed by atoms with Crippen LogP contribution in [0, 0.1) is 0 Å². The van der Waals surface area contributed by atoms with Crippen LogP contribution in [-0.4, -0.2) is 127 Å². The second kappa shape index (κ2) is 16.6. The highest BCUT2D eigenvalue weighted by molar-refractivity contribution is 5.76. The molecule has 38 heavy (non-hydrogen) atoms. The summed E-state index contributed by atoms with van der Waals surface area (Å²) in [6.45, 7) is -1.15. The number of nitrogens with one attached hydrogen (secondary N) is 2. The predicted octanol–water partition coefficient (Wildman–Crippen LogP) is -3.28. The summed E-state index contributed by atoms with van der Waals surface area (Å²) >= 11 is 0. The first kappa shape index (κ1) is 32.8. The monoisotopic (exact) mass is 552 g/mol. The molecule has 2 amide bonds. The van der Waals surface area contributed by atoms with Crippen LogP contribution in [0.2, 0.25) is 0 Å². The average Bonchev–Trinajstić information content (AvgIpc) is 2.89. The molecule has 0 bridgehead atoms. The Morgan fingerprint density at radius 1 is 0.526 bits per heavy atom. The second-order valence-electron chi connectivity index (χ2n) is 9.97. The van der Waals surface area contributed by atoms with Gasteiger partial charge in [-0.3, -0.25) is 9.59 Å². The molecule has 0 unspecified atom stereocenters. The van der Waals surface area contributed by atoms with E-state index >= 15 is 0 Å². The fourth-order valence-corrected chi connectivity index (χ4v) is 4.65. The zero-order chi connectivity index (χ0) is 28.2. The van der Waals surface area contributed by atoms with Gasteiger partial charge in [-0.1, -0.05) is 38.5 Å². The van der Waals surface area contributed by atoms with Crippen molar-refractivity contribution in [3.63, 3.8) is 0 Å². The van der Waals surface area contributed by atoms with Crippen LogP contribution >= 0.6 is 0 Å². The van der Waals surface area contributed by atoms with Gasteiger partial charge in [0.2, 0.25) is 11.8 Å². The maximum atomic E-state index is 12.1. The van der Waals surface area contributed by atoms with Crippen LogP contribution in [0.5, 0.6) is 0 Å². The highest BCUT2D eigenvalue weighted by Crippen LogP contribution is 2.21. The molecule has 0 aliphatic carbocycles. The zero-order valence-corrected chi connectivity index (χ0v) is 21.5. The summed E-state index contributed by atoms with van der Waals surface area (Å²) in [7, 11) is 0. The molecule has 222 valence electrons. The van der Waals surface area contributed by atoms with E-state index in [1.807, 2.05) is 0 Å². The molecule has 2 saturated heterocycles. The molecular weight excluding hydrogens is 508 g/mol. The Morgan fingerprint density at radius 2 is 0.842 bits per heavy atom. The van der Waals surface area contributed by atoms with Gasteiger partial charge in [-0.2, -0.15) is 0 Å². The molecule has 0 aromatic carbocycles. The van der Waals surface area contributed by atoms with E-state index in [2.05, 4.69) is 10.6 Å². The molecule has 10 atom stereocenters. The number of amides is 2. The van der Waals surface area contributed by atoms with Gasteiger partial charge in [0.15, 0.2) is 12.6 Å². The first-order valence-corrected chi connectivity index (χ1v) is 13.3. The van der Waals surface area contributed by atoms with Gasteiger partial charge in [0.1, 0.15) is 48.7 Å². The SMILES string of the molecule is O=C(CCCCCCCCCCC(=O)N[C@@H]1[C@@H](O)[C@H](O)[C@@H](CO)O[C@@H]1O)N[C@@H]1[C@@H](O)[C@H](O)[C@@H](CO)O[C@@H]1O. The Labute approximate surface area is 221 Å². The van der Waals surface area contributed by atoms with Gasteiger partial charge in [-0.05, 0) is 12.8 Å². The van der Waals surface area contributed by atoms with E-state index < -0.39 is 74.5 Å². The third kappa shape index (κ3) is 9.62. The van der Waals surface area contributed by atoms with Crippen molar-refractivity contribution >= 4 is 11.8 Å². The summed E-state index contributed by atoms with van der Waals surface area (Å²) in [5, 5.41) is 82.8. The molecular formula is C24H44N2O12. The van der Waals surface area contributed by atoms with E-state index in [1.54, 1.807) is 0 Å². The maximum absolute atomic E-state index is 12.1.